The van der Waals surface area contributed by atoms with E-state index in [0.717, 1.165) is 11.9 Å². The van der Waals surface area contributed by atoms with E-state index < -0.39 is 0 Å². The molecule has 0 fully saturated rings. The predicted octanol–water partition coefficient (Wildman–Crippen LogP) is 3.85. The number of carbonyl (C=O) groups excluding carboxylic acids is 1. The second kappa shape index (κ2) is 8.56. The van der Waals surface area contributed by atoms with Crippen molar-refractivity contribution in [3.63, 3.8) is 0 Å². The molecule has 0 spiro atoms. The summed E-state index contributed by atoms with van der Waals surface area (Å²) < 4.78 is 0. The maximum atomic E-state index is 12.3. The van der Waals surface area contributed by atoms with Crippen molar-refractivity contribution in [2.75, 3.05) is 11.9 Å². The van der Waals surface area contributed by atoms with Crippen LogP contribution in [0.15, 0.2) is 66.9 Å². The zero-order valence-electron chi connectivity index (χ0n) is 16.3. The number of carbonyl (C=O) groups is 1. The Bertz CT molecular complexity index is 1120. The average molecular weight is 385 g/mol. The fourth-order valence-corrected chi connectivity index (χ4v) is 3.28. The van der Waals surface area contributed by atoms with E-state index in [1.807, 2.05) is 36.5 Å². The van der Waals surface area contributed by atoms with Crippen LogP contribution < -0.4 is 10.6 Å². The third-order valence-electron chi connectivity index (χ3n) is 4.97. The molecule has 0 aliphatic rings. The summed E-state index contributed by atoms with van der Waals surface area (Å²) in [6.07, 6.45) is 2.74. The minimum absolute atomic E-state index is 0.220. The number of anilines is 1. The molecule has 0 unspecified atom stereocenters. The van der Waals surface area contributed by atoms with Crippen molar-refractivity contribution < 1.29 is 4.79 Å². The van der Waals surface area contributed by atoms with Crippen LogP contribution in [0, 0.1) is 6.92 Å². The van der Waals surface area contributed by atoms with Gasteiger partial charge in [-0.15, -0.1) is 10.2 Å². The lowest BCUT2D eigenvalue weighted by Crippen LogP contribution is -2.26. The van der Waals surface area contributed by atoms with Crippen LogP contribution in [0.2, 0.25) is 0 Å². The molecule has 2 aromatic carbocycles. The highest BCUT2D eigenvalue weighted by Crippen LogP contribution is 2.17. The zero-order chi connectivity index (χ0) is 20.1. The van der Waals surface area contributed by atoms with Gasteiger partial charge in [0, 0.05) is 30.2 Å². The fraction of sp³-hybridized carbons (Fsp3) is 0.174. The van der Waals surface area contributed by atoms with Crippen LogP contribution in [0.4, 0.5) is 5.82 Å². The highest BCUT2D eigenvalue weighted by atomic mass is 16.1. The molecule has 0 bridgehead atoms. The number of aromatic amines is 1. The third-order valence-corrected chi connectivity index (χ3v) is 4.97. The van der Waals surface area contributed by atoms with Crippen LogP contribution >= 0.6 is 0 Å². The number of amides is 1. The quantitative estimate of drug-likeness (QED) is 0.451. The lowest BCUT2D eigenvalue weighted by molar-refractivity contribution is 0.0948. The summed E-state index contributed by atoms with van der Waals surface area (Å²) in [6.45, 7) is 3.28. The van der Waals surface area contributed by atoms with Crippen LogP contribution in [0.1, 0.15) is 27.2 Å². The molecule has 6 nitrogen and oxygen atoms in total. The van der Waals surface area contributed by atoms with Crippen molar-refractivity contribution in [3.8, 4) is 0 Å². The van der Waals surface area contributed by atoms with Crippen LogP contribution in [-0.2, 0) is 13.0 Å². The first kappa shape index (κ1) is 18.7. The number of nitrogens with zero attached hydrogens (tertiary/aromatic N) is 2. The summed E-state index contributed by atoms with van der Waals surface area (Å²) >= 11 is 0. The van der Waals surface area contributed by atoms with Gasteiger partial charge in [-0.3, -0.25) is 4.79 Å². The second-order valence-electron chi connectivity index (χ2n) is 6.95. The van der Waals surface area contributed by atoms with Gasteiger partial charge in [0.15, 0.2) is 5.69 Å². The van der Waals surface area contributed by atoms with Gasteiger partial charge in [-0.2, -0.15) is 0 Å². The average Bonchev–Trinajstić information content (AvgIpc) is 3.17. The molecule has 3 N–H and O–H groups in total. The maximum absolute atomic E-state index is 12.3. The van der Waals surface area contributed by atoms with Gasteiger partial charge >= 0.3 is 0 Å². The number of rotatable bonds is 7. The van der Waals surface area contributed by atoms with E-state index in [4.69, 9.17) is 0 Å². The van der Waals surface area contributed by atoms with Gasteiger partial charge in [0.2, 0.25) is 0 Å². The first-order chi connectivity index (χ1) is 14.2. The molecule has 146 valence electrons. The normalized spacial score (nSPS) is 10.8. The van der Waals surface area contributed by atoms with Crippen molar-refractivity contribution in [2.45, 2.75) is 19.9 Å². The first-order valence-electron chi connectivity index (χ1n) is 9.66. The molecule has 0 aliphatic heterocycles. The van der Waals surface area contributed by atoms with Crippen LogP contribution in [0.5, 0.6) is 0 Å². The number of hydrogen-bond acceptors (Lipinski definition) is 4. The van der Waals surface area contributed by atoms with Gasteiger partial charge in [-0.1, -0.05) is 42.5 Å². The number of nitrogens with one attached hydrogen (secondary N) is 3. The molecule has 0 aliphatic carbocycles. The topological polar surface area (TPSA) is 82.7 Å². The number of benzene rings is 2. The molecule has 4 rings (SSSR count). The Labute approximate surface area is 169 Å². The van der Waals surface area contributed by atoms with E-state index in [-0.39, 0.29) is 5.91 Å². The molecular formula is C23H23N5O. The van der Waals surface area contributed by atoms with Crippen molar-refractivity contribution in [2.24, 2.45) is 0 Å². The molecule has 1 amide bonds. The van der Waals surface area contributed by atoms with E-state index in [1.165, 1.54) is 22.1 Å². The molecule has 0 radical (unpaired) electrons. The smallest absolute Gasteiger partial charge is 0.271 e. The molecule has 29 heavy (non-hydrogen) atoms. The molecule has 2 aromatic heterocycles. The summed E-state index contributed by atoms with van der Waals surface area (Å²) in [5.41, 5.74) is 5.02. The van der Waals surface area contributed by atoms with Crippen LogP contribution in [0.3, 0.4) is 0 Å². The van der Waals surface area contributed by atoms with Crippen LogP contribution in [-0.4, -0.2) is 27.6 Å². The Morgan fingerprint density at radius 2 is 1.79 bits per heavy atom. The highest BCUT2D eigenvalue weighted by Gasteiger charge is 2.09. The predicted molar refractivity (Wildman–Crippen MR) is 115 cm³/mol. The minimum atomic E-state index is -0.220. The van der Waals surface area contributed by atoms with E-state index in [1.54, 1.807) is 12.1 Å². The first-order valence-corrected chi connectivity index (χ1v) is 9.66. The molecule has 6 heteroatoms. The van der Waals surface area contributed by atoms with Gasteiger partial charge in [0.25, 0.3) is 5.91 Å². The summed E-state index contributed by atoms with van der Waals surface area (Å²) in [6, 6.07) is 19.8. The third kappa shape index (κ3) is 4.43. The summed E-state index contributed by atoms with van der Waals surface area (Å²) in [4.78, 5) is 15.6. The van der Waals surface area contributed by atoms with Crippen molar-refractivity contribution in [1.29, 1.82) is 0 Å². The number of H-pyrrole nitrogens is 1. The van der Waals surface area contributed by atoms with Gasteiger partial charge in [-0.25, -0.2) is 0 Å². The lowest BCUT2D eigenvalue weighted by Gasteiger charge is -2.08. The van der Waals surface area contributed by atoms with Gasteiger partial charge in [0.1, 0.15) is 5.82 Å². The highest BCUT2D eigenvalue weighted by molar-refractivity contribution is 5.92. The number of aryl methyl sites for hydroxylation is 1. The van der Waals surface area contributed by atoms with Gasteiger partial charge in [0.05, 0.1) is 0 Å². The zero-order valence-corrected chi connectivity index (χ0v) is 16.3. The number of hydrogen-bond donors (Lipinski definition) is 3. The number of aromatic nitrogens is 3. The summed E-state index contributed by atoms with van der Waals surface area (Å²) in [5.74, 6) is 0.423. The maximum Gasteiger partial charge on any atom is 0.271 e. The Kier molecular flexibility index (Phi) is 5.52. The number of para-hydroxylation sites is 1. The van der Waals surface area contributed by atoms with Gasteiger partial charge < -0.3 is 15.6 Å². The summed E-state index contributed by atoms with van der Waals surface area (Å²) in [7, 11) is 0. The largest absolute Gasteiger partial charge is 0.364 e. The summed E-state index contributed by atoms with van der Waals surface area (Å²) in [5, 5.41) is 15.5. The molecule has 4 aromatic rings. The molecule has 2 heterocycles. The molecule has 0 atom stereocenters. The molecule has 0 saturated heterocycles. The van der Waals surface area contributed by atoms with Crippen molar-refractivity contribution >= 4 is 22.6 Å². The van der Waals surface area contributed by atoms with E-state index >= 15 is 0 Å². The Balaban J connectivity index is 1.29. The van der Waals surface area contributed by atoms with Crippen molar-refractivity contribution in [1.82, 2.24) is 20.5 Å². The van der Waals surface area contributed by atoms with E-state index in [9.17, 15) is 4.79 Å². The monoisotopic (exact) mass is 385 g/mol. The van der Waals surface area contributed by atoms with Crippen molar-refractivity contribution in [3.05, 3.63) is 89.2 Å². The van der Waals surface area contributed by atoms with E-state index in [0.29, 0.717) is 24.6 Å². The SMILES string of the molecule is Cc1ccccc1CNc1ccc(C(=O)NCCc2c[nH]c3ccccc23)nn1. The lowest BCUT2D eigenvalue weighted by atomic mass is 10.1. The molecule has 0 saturated carbocycles. The van der Waals surface area contributed by atoms with E-state index in [2.05, 4.69) is 50.9 Å². The van der Waals surface area contributed by atoms with Gasteiger partial charge in [-0.05, 0) is 48.2 Å². The fourth-order valence-electron chi connectivity index (χ4n) is 3.28. The Morgan fingerprint density at radius 1 is 0.966 bits per heavy atom. The van der Waals surface area contributed by atoms with Crippen LogP contribution in [0.25, 0.3) is 10.9 Å². The minimum Gasteiger partial charge on any atom is -0.364 e. The number of fused-ring (bicyclic) bond motifs is 1. The Morgan fingerprint density at radius 3 is 2.62 bits per heavy atom. The Hall–Kier alpha value is -3.67. The second-order valence-corrected chi connectivity index (χ2v) is 6.95. The molecular weight excluding hydrogens is 362 g/mol. The standard InChI is InChI=1S/C23H23N5O/c1-16-6-2-3-7-17(16)14-26-22-11-10-21(27-28-22)23(29)24-13-12-18-15-25-20-9-5-4-8-19(18)20/h2-11,15,25H,12-14H2,1H3,(H,24,29)(H,26,28).